The number of rotatable bonds is 11. The van der Waals surface area contributed by atoms with E-state index in [4.69, 9.17) is 23.7 Å². The zero-order chi connectivity index (χ0) is 29.7. The van der Waals surface area contributed by atoms with Gasteiger partial charge in [-0.2, -0.15) is 4.89 Å². The summed E-state index contributed by atoms with van der Waals surface area (Å²) in [5.74, 6) is 1.81. The fourth-order valence-electron chi connectivity index (χ4n) is 5.07. The van der Waals surface area contributed by atoms with Crippen LogP contribution in [0.1, 0.15) is 19.8 Å². The maximum Gasteiger partial charge on any atom is 0.305 e. The quantitative estimate of drug-likeness (QED) is 0.0829. The first kappa shape index (κ1) is 29.7. The van der Waals surface area contributed by atoms with Gasteiger partial charge < -0.3 is 28.6 Å². The van der Waals surface area contributed by atoms with Crippen molar-refractivity contribution in [2.24, 2.45) is 0 Å². The van der Waals surface area contributed by atoms with Crippen molar-refractivity contribution in [3.63, 3.8) is 0 Å². The van der Waals surface area contributed by atoms with Crippen LogP contribution in [0.3, 0.4) is 0 Å². The van der Waals surface area contributed by atoms with Crippen molar-refractivity contribution in [1.29, 1.82) is 0 Å². The van der Waals surface area contributed by atoms with Crippen molar-refractivity contribution in [2.45, 2.75) is 19.8 Å². The van der Waals surface area contributed by atoms with Crippen molar-refractivity contribution >= 4 is 28.3 Å². The highest BCUT2D eigenvalue weighted by Gasteiger charge is 2.24. The smallest absolute Gasteiger partial charge is 0.305 e. The van der Waals surface area contributed by atoms with Gasteiger partial charge in [-0.15, -0.1) is 0 Å². The van der Waals surface area contributed by atoms with E-state index in [1.165, 1.54) is 14.2 Å². The van der Waals surface area contributed by atoms with Crippen molar-refractivity contribution in [3.8, 4) is 33.9 Å². The Bertz CT molecular complexity index is 1570. The van der Waals surface area contributed by atoms with Crippen molar-refractivity contribution in [3.05, 3.63) is 53.9 Å². The lowest BCUT2D eigenvalue weighted by Crippen LogP contribution is -2.27. The van der Waals surface area contributed by atoms with E-state index in [9.17, 15) is 4.79 Å². The molecule has 0 amide bonds. The Kier molecular flexibility index (Phi) is 9.39. The molecular weight excluding hydrogens is 522 g/mol. The molecule has 0 saturated heterocycles. The number of hydrogen-bond donors (Lipinski definition) is 0. The first-order valence-electron chi connectivity index (χ1n) is 13.6. The highest BCUT2D eigenvalue weighted by atomic mass is 17.2. The molecule has 0 saturated carbocycles. The molecule has 0 aromatic heterocycles. The lowest BCUT2D eigenvalue weighted by atomic mass is 9.92. The van der Waals surface area contributed by atoms with E-state index in [0.717, 1.165) is 56.9 Å². The molecule has 0 fully saturated rings. The zero-order valence-corrected chi connectivity index (χ0v) is 25.2. The van der Waals surface area contributed by atoms with E-state index in [1.807, 2.05) is 57.0 Å². The van der Waals surface area contributed by atoms with Crippen LogP contribution in [-0.2, 0) is 14.4 Å². The van der Waals surface area contributed by atoms with Gasteiger partial charge in [0.2, 0.25) is 5.36 Å². The fraction of sp³-hybridized carbons (Fsp3) is 0.375. The molecule has 41 heavy (non-hydrogen) atoms. The van der Waals surface area contributed by atoms with Crippen LogP contribution in [0.4, 0.5) is 11.4 Å². The van der Waals surface area contributed by atoms with E-state index in [2.05, 4.69) is 41.0 Å². The van der Waals surface area contributed by atoms with Crippen LogP contribution < -0.4 is 29.4 Å². The minimum atomic E-state index is -0.202. The summed E-state index contributed by atoms with van der Waals surface area (Å²) < 4.78 is 19.4. The van der Waals surface area contributed by atoms with Crippen molar-refractivity contribution < 1.29 is 28.5 Å². The molecule has 4 rings (SSSR count). The van der Waals surface area contributed by atoms with Gasteiger partial charge in [0.15, 0.2) is 5.75 Å². The number of nitrogens with zero attached hydrogens (tertiary/aromatic N) is 3. The molecule has 0 radical (unpaired) electrons. The SMILES string of the molecule is CCN(CCCC(=O)OC)c1cc(OC)c(-c2c3ccc(=[N+](C)C)cc-3oc3cc(OOC)ccc23)cc1N(C)C. The van der Waals surface area contributed by atoms with Gasteiger partial charge in [-0.25, -0.2) is 4.58 Å². The van der Waals surface area contributed by atoms with Gasteiger partial charge in [0.1, 0.15) is 31.2 Å². The van der Waals surface area contributed by atoms with Crippen LogP contribution in [0, 0.1) is 0 Å². The molecule has 0 N–H and O–H groups in total. The molecule has 0 bridgehead atoms. The van der Waals surface area contributed by atoms with Gasteiger partial charge in [0.25, 0.3) is 0 Å². The molecule has 0 atom stereocenters. The van der Waals surface area contributed by atoms with Gasteiger partial charge in [0, 0.05) is 73.9 Å². The molecule has 0 unspecified atom stereocenters. The molecule has 0 spiro atoms. The molecule has 2 aliphatic rings. The minimum Gasteiger partial charge on any atom is -0.496 e. The highest BCUT2D eigenvalue weighted by molar-refractivity contribution is 6.04. The lowest BCUT2D eigenvalue weighted by molar-refractivity contribution is -0.178. The standard InChI is InChI=1S/C32H40N3O6/c1-9-35(16-10-11-31(36)38-7)27-20-28(37-6)25(19-26(27)34(4)5)32-23-14-12-21(33(2)3)17-29(23)40-30-18-22(41-39-8)13-15-24(30)32/h12-15,17-20H,9-11,16H2,1-8H3/q+1. The van der Waals surface area contributed by atoms with Crippen molar-refractivity contribution in [1.82, 2.24) is 4.58 Å². The number of methoxy groups -OCH3 is 2. The summed E-state index contributed by atoms with van der Waals surface area (Å²) >= 11 is 0. The number of benzene rings is 3. The Morgan fingerprint density at radius 1 is 0.951 bits per heavy atom. The number of hydrogen-bond acceptors (Lipinski definition) is 8. The third-order valence-electron chi connectivity index (χ3n) is 7.18. The van der Waals surface area contributed by atoms with Crippen LogP contribution in [0.2, 0.25) is 0 Å². The van der Waals surface area contributed by atoms with E-state index < -0.39 is 0 Å². The Morgan fingerprint density at radius 3 is 2.37 bits per heavy atom. The summed E-state index contributed by atoms with van der Waals surface area (Å²) in [4.78, 5) is 26.3. The summed E-state index contributed by atoms with van der Waals surface area (Å²) in [6.45, 7) is 3.59. The maximum absolute atomic E-state index is 11.7. The van der Waals surface area contributed by atoms with Gasteiger partial charge >= 0.3 is 5.97 Å². The molecule has 1 aliphatic heterocycles. The predicted molar refractivity (Wildman–Crippen MR) is 163 cm³/mol. The Hall–Kier alpha value is -4.24. The number of carbonyl (C=O) groups excluding carboxylic acids is 1. The summed E-state index contributed by atoms with van der Waals surface area (Å²) in [5.41, 5.74) is 5.62. The van der Waals surface area contributed by atoms with E-state index in [-0.39, 0.29) is 5.97 Å². The summed E-state index contributed by atoms with van der Waals surface area (Å²) in [7, 11) is 12.7. The van der Waals surface area contributed by atoms with Gasteiger partial charge in [-0.3, -0.25) is 4.79 Å². The molecule has 9 nitrogen and oxygen atoms in total. The average molecular weight is 563 g/mol. The number of ether oxygens (including phenoxy) is 2. The Morgan fingerprint density at radius 2 is 1.73 bits per heavy atom. The third-order valence-corrected chi connectivity index (χ3v) is 7.18. The number of esters is 1. The summed E-state index contributed by atoms with van der Waals surface area (Å²) in [6.07, 6.45) is 1.06. The highest BCUT2D eigenvalue weighted by Crippen LogP contribution is 2.47. The van der Waals surface area contributed by atoms with Crippen LogP contribution >= 0.6 is 0 Å². The fourth-order valence-corrected chi connectivity index (χ4v) is 5.07. The molecule has 2 aromatic carbocycles. The topological polar surface area (TPSA) is 76.6 Å². The van der Waals surface area contributed by atoms with Crippen LogP contribution in [0.5, 0.6) is 11.5 Å². The second-order valence-electron chi connectivity index (χ2n) is 10.2. The molecule has 1 heterocycles. The molecule has 2 aromatic rings. The largest absolute Gasteiger partial charge is 0.496 e. The number of anilines is 2. The second kappa shape index (κ2) is 13.0. The monoisotopic (exact) mass is 562 g/mol. The molecule has 1 aliphatic carbocycles. The predicted octanol–water partition coefficient (Wildman–Crippen LogP) is 5.03. The minimum absolute atomic E-state index is 0.202. The first-order valence-corrected chi connectivity index (χ1v) is 13.6. The van der Waals surface area contributed by atoms with Crippen LogP contribution in [0.25, 0.3) is 33.4 Å². The molecule has 9 heteroatoms. The zero-order valence-electron chi connectivity index (χ0n) is 25.2. The molecule has 218 valence electrons. The lowest BCUT2D eigenvalue weighted by Gasteiger charge is -2.30. The van der Waals surface area contributed by atoms with Crippen molar-refractivity contribution in [2.75, 3.05) is 72.4 Å². The molecular formula is C32H40N3O6+. The van der Waals surface area contributed by atoms with Crippen LogP contribution in [0.15, 0.2) is 52.9 Å². The van der Waals surface area contributed by atoms with Crippen LogP contribution in [-0.4, -0.2) is 68.6 Å². The normalized spacial score (nSPS) is 11.0. The first-order chi connectivity index (χ1) is 19.7. The number of carbonyl (C=O) groups is 1. The van der Waals surface area contributed by atoms with E-state index >= 15 is 0 Å². The van der Waals surface area contributed by atoms with E-state index in [1.54, 1.807) is 7.11 Å². The Labute approximate surface area is 241 Å². The summed E-state index contributed by atoms with van der Waals surface area (Å²) in [6, 6.07) is 16.2. The third kappa shape index (κ3) is 6.25. The van der Waals surface area contributed by atoms with Gasteiger partial charge in [-0.1, -0.05) is 0 Å². The second-order valence-corrected chi connectivity index (χ2v) is 10.2. The summed E-state index contributed by atoms with van der Waals surface area (Å²) in [5, 5.41) is 1.94. The van der Waals surface area contributed by atoms with E-state index in [0.29, 0.717) is 30.7 Å². The Balaban J connectivity index is 1.98. The maximum atomic E-state index is 11.7. The average Bonchev–Trinajstić information content (AvgIpc) is 2.97. The number of fused-ring (bicyclic) bond motifs is 2. The van der Waals surface area contributed by atoms with Gasteiger partial charge in [0.05, 0.1) is 38.8 Å². The van der Waals surface area contributed by atoms with Gasteiger partial charge in [-0.05, 0) is 37.6 Å².